The number of hydrogen-bond acceptors (Lipinski definition) is 0. The van der Waals surface area contributed by atoms with Gasteiger partial charge in [-0.25, -0.2) is 0 Å². The van der Waals surface area contributed by atoms with Crippen LogP contribution in [0.5, 0.6) is 0 Å². The predicted molar refractivity (Wildman–Crippen MR) is 53.3 cm³/mol. The summed E-state index contributed by atoms with van der Waals surface area (Å²) in [7, 11) is 0. The van der Waals surface area contributed by atoms with Gasteiger partial charge in [0.15, 0.2) is 0 Å². The smallest absolute Gasteiger partial charge is 0.0365 e. The van der Waals surface area contributed by atoms with E-state index in [4.69, 9.17) is 23.2 Å². The summed E-state index contributed by atoms with van der Waals surface area (Å²) in [5.74, 6) is 0.471. The van der Waals surface area contributed by atoms with E-state index in [2.05, 4.69) is 20.8 Å². The summed E-state index contributed by atoms with van der Waals surface area (Å²) in [6.45, 7) is 8.03. The van der Waals surface area contributed by atoms with Gasteiger partial charge in [-0.15, -0.1) is 23.2 Å². The first-order valence-electron chi connectivity index (χ1n) is 4.23. The summed E-state index contributed by atoms with van der Waals surface area (Å²) >= 11 is 11.9. The molecule has 0 saturated carbocycles. The zero-order valence-corrected chi connectivity index (χ0v) is 8.83. The first-order chi connectivity index (χ1) is 5.11. The van der Waals surface area contributed by atoms with Crippen molar-refractivity contribution in [3.8, 4) is 0 Å². The van der Waals surface area contributed by atoms with E-state index in [-0.39, 0.29) is 10.8 Å². The van der Waals surface area contributed by atoms with Crippen LogP contribution in [0.25, 0.3) is 0 Å². The lowest BCUT2D eigenvalue weighted by Gasteiger charge is -2.19. The molecule has 0 aromatic rings. The van der Waals surface area contributed by atoms with Crippen molar-refractivity contribution in [2.75, 3.05) is 0 Å². The van der Waals surface area contributed by atoms with Crippen LogP contribution >= 0.6 is 23.2 Å². The van der Waals surface area contributed by atoms with Gasteiger partial charge in [-0.2, -0.15) is 0 Å². The molecule has 0 heterocycles. The molecule has 0 aliphatic carbocycles. The maximum Gasteiger partial charge on any atom is 0.0365 e. The second-order valence-corrected chi connectivity index (χ2v) is 4.10. The Labute approximate surface area is 80.3 Å². The van der Waals surface area contributed by atoms with E-state index in [1.54, 1.807) is 0 Å². The molecule has 0 aliphatic heterocycles. The van der Waals surface area contributed by atoms with Crippen molar-refractivity contribution >= 4 is 23.2 Å². The monoisotopic (exact) mass is 195 g/mol. The molecule has 0 aliphatic rings. The second kappa shape index (κ2) is 6.14. The second-order valence-electron chi connectivity index (χ2n) is 2.93. The van der Waals surface area contributed by atoms with Crippen LogP contribution in [0, 0.1) is 12.8 Å². The molecular formula is C9H17Cl2. The molecule has 67 valence electrons. The molecule has 1 radical (unpaired) electrons. The third kappa shape index (κ3) is 4.92. The van der Waals surface area contributed by atoms with Crippen LogP contribution in [0.2, 0.25) is 0 Å². The fraction of sp³-hybridized carbons (Fsp3) is 0.889. The lowest BCUT2D eigenvalue weighted by atomic mass is 9.96. The average molecular weight is 196 g/mol. The molecule has 0 aromatic carbocycles. The number of rotatable bonds is 5. The van der Waals surface area contributed by atoms with Crippen LogP contribution in [0.4, 0.5) is 0 Å². The van der Waals surface area contributed by atoms with Crippen molar-refractivity contribution in [1.82, 2.24) is 0 Å². The molecular weight excluding hydrogens is 179 g/mol. The van der Waals surface area contributed by atoms with Gasteiger partial charge >= 0.3 is 0 Å². The molecule has 0 saturated heterocycles. The first kappa shape index (κ1) is 11.6. The maximum absolute atomic E-state index is 6.00. The van der Waals surface area contributed by atoms with E-state index in [9.17, 15) is 0 Å². The van der Waals surface area contributed by atoms with Crippen molar-refractivity contribution in [3.05, 3.63) is 6.92 Å². The van der Waals surface area contributed by atoms with E-state index in [0.29, 0.717) is 5.92 Å². The van der Waals surface area contributed by atoms with Gasteiger partial charge in [-0.3, -0.25) is 0 Å². The summed E-state index contributed by atoms with van der Waals surface area (Å²) in [5, 5.41) is 0.274. The average Bonchev–Trinajstić information content (AvgIpc) is 1.99. The Morgan fingerprint density at radius 1 is 1.18 bits per heavy atom. The minimum absolute atomic E-state index is 0.00722. The van der Waals surface area contributed by atoms with Crippen LogP contribution in [-0.2, 0) is 0 Å². The fourth-order valence-corrected chi connectivity index (χ4v) is 1.58. The van der Waals surface area contributed by atoms with E-state index in [1.807, 2.05) is 0 Å². The normalized spacial score (nSPS) is 19.4. The number of hydrogen-bond donors (Lipinski definition) is 0. The van der Waals surface area contributed by atoms with E-state index < -0.39 is 0 Å². The van der Waals surface area contributed by atoms with Gasteiger partial charge in [-0.05, 0) is 25.7 Å². The molecule has 0 rings (SSSR count). The lowest BCUT2D eigenvalue weighted by molar-refractivity contribution is 0.464. The molecule has 11 heavy (non-hydrogen) atoms. The highest BCUT2D eigenvalue weighted by Crippen LogP contribution is 2.23. The molecule has 0 aromatic heterocycles. The van der Waals surface area contributed by atoms with E-state index >= 15 is 0 Å². The summed E-state index contributed by atoms with van der Waals surface area (Å²) in [4.78, 5) is 0. The van der Waals surface area contributed by atoms with Crippen molar-refractivity contribution in [2.24, 2.45) is 5.92 Å². The maximum atomic E-state index is 6.00. The van der Waals surface area contributed by atoms with Gasteiger partial charge in [0.1, 0.15) is 0 Å². The van der Waals surface area contributed by atoms with Gasteiger partial charge in [0.25, 0.3) is 0 Å². The third-order valence-electron chi connectivity index (χ3n) is 2.04. The molecule has 2 heteroatoms. The van der Waals surface area contributed by atoms with Crippen molar-refractivity contribution in [1.29, 1.82) is 0 Å². The zero-order chi connectivity index (χ0) is 8.85. The Morgan fingerprint density at radius 2 is 1.73 bits per heavy atom. The van der Waals surface area contributed by atoms with Gasteiger partial charge in [0.05, 0.1) is 0 Å². The number of alkyl halides is 2. The topological polar surface area (TPSA) is 0 Å². The molecule has 3 atom stereocenters. The zero-order valence-electron chi connectivity index (χ0n) is 7.32. The molecule has 0 spiro atoms. The van der Waals surface area contributed by atoms with Crippen LogP contribution in [-0.4, -0.2) is 10.8 Å². The SMILES string of the molecule is [CH2]C(Cl)C(CC)CC(Cl)CC. The molecule has 0 bridgehead atoms. The third-order valence-corrected chi connectivity index (χ3v) is 2.88. The predicted octanol–water partition coefficient (Wildman–Crippen LogP) is 3.86. The summed E-state index contributed by atoms with van der Waals surface area (Å²) in [6.07, 6.45) is 3.08. The molecule has 0 fully saturated rings. The molecule has 3 unspecified atom stereocenters. The van der Waals surface area contributed by atoms with Crippen molar-refractivity contribution < 1.29 is 0 Å². The van der Waals surface area contributed by atoms with Gasteiger partial charge in [0.2, 0.25) is 0 Å². The van der Waals surface area contributed by atoms with Gasteiger partial charge in [0, 0.05) is 10.8 Å². The van der Waals surface area contributed by atoms with Crippen LogP contribution in [0.15, 0.2) is 0 Å². The largest absolute Gasteiger partial charge is 0.123 e. The highest BCUT2D eigenvalue weighted by molar-refractivity contribution is 6.22. The minimum Gasteiger partial charge on any atom is -0.123 e. The summed E-state index contributed by atoms with van der Waals surface area (Å²) < 4.78 is 0. The molecule has 0 nitrogen and oxygen atoms in total. The Hall–Kier alpha value is 0.580. The Kier molecular flexibility index (Phi) is 6.46. The minimum atomic E-state index is 0.00722. The van der Waals surface area contributed by atoms with Crippen LogP contribution in [0.3, 0.4) is 0 Å². The Bertz CT molecular complexity index is 91.6. The lowest BCUT2D eigenvalue weighted by Crippen LogP contribution is -2.15. The Morgan fingerprint density at radius 3 is 2.00 bits per heavy atom. The summed E-state index contributed by atoms with van der Waals surface area (Å²) in [6, 6.07) is 0. The molecule has 0 N–H and O–H groups in total. The van der Waals surface area contributed by atoms with Crippen molar-refractivity contribution in [2.45, 2.75) is 43.9 Å². The van der Waals surface area contributed by atoms with E-state index in [1.165, 1.54) is 0 Å². The van der Waals surface area contributed by atoms with Crippen LogP contribution in [0.1, 0.15) is 33.1 Å². The van der Waals surface area contributed by atoms with Crippen molar-refractivity contribution in [3.63, 3.8) is 0 Å². The highest BCUT2D eigenvalue weighted by atomic mass is 35.5. The quantitative estimate of drug-likeness (QED) is 0.585. The summed E-state index contributed by atoms with van der Waals surface area (Å²) in [5.41, 5.74) is 0. The van der Waals surface area contributed by atoms with E-state index in [0.717, 1.165) is 19.3 Å². The Balaban J connectivity index is 3.68. The molecule has 0 amide bonds. The van der Waals surface area contributed by atoms with Crippen LogP contribution < -0.4 is 0 Å². The van der Waals surface area contributed by atoms with Gasteiger partial charge in [-0.1, -0.05) is 20.3 Å². The first-order valence-corrected chi connectivity index (χ1v) is 5.10. The number of halogens is 2. The highest BCUT2D eigenvalue weighted by Gasteiger charge is 2.16. The fourth-order valence-electron chi connectivity index (χ4n) is 1.07. The van der Waals surface area contributed by atoms with Gasteiger partial charge < -0.3 is 0 Å². The standard InChI is InChI=1S/C9H17Cl2/c1-4-8(7(3)10)6-9(11)5-2/h7-9H,3-6H2,1-2H3.